The minimum atomic E-state index is -0.0126. The van der Waals surface area contributed by atoms with E-state index in [9.17, 15) is 0 Å². The summed E-state index contributed by atoms with van der Waals surface area (Å²) < 4.78 is 0. The number of hydrogen-bond acceptors (Lipinski definition) is 4. The van der Waals surface area contributed by atoms with Crippen LogP contribution in [0, 0.1) is 13.8 Å². The summed E-state index contributed by atoms with van der Waals surface area (Å²) in [6, 6.07) is 1.79. The van der Waals surface area contributed by atoms with Gasteiger partial charge in [0.15, 0.2) is 11.6 Å². The Morgan fingerprint density at radius 2 is 1.50 bits per heavy atom. The molecular formula is C14H18N4. The van der Waals surface area contributed by atoms with E-state index in [-0.39, 0.29) is 5.41 Å². The average molecular weight is 242 g/mol. The summed E-state index contributed by atoms with van der Waals surface area (Å²) in [5.74, 6) is 1.18. The Bertz CT molecular complexity index is 556. The van der Waals surface area contributed by atoms with Crippen molar-refractivity contribution in [3.63, 3.8) is 0 Å². The van der Waals surface area contributed by atoms with Crippen LogP contribution in [0.3, 0.4) is 0 Å². The average Bonchev–Trinajstić information content (AvgIpc) is 2.32. The molecule has 0 aromatic carbocycles. The third-order valence-electron chi connectivity index (χ3n) is 2.87. The smallest absolute Gasteiger partial charge is 0.198 e. The predicted molar refractivity (Wildman–Crippen MR) is 71.2 cm³/mol. The maximum atomic E-state index is 4.64. The van der Waals surface area contributed by atoms with Gasteiger partial charge >= 0.3 is 0 Å². The second-order valence-corrected chi connectivity index (χ2v) is 5.43. The molecule has 0 aliphatic heterocycles. The van der Waals surface area contributed by atoms with Crippen molar-refractivity contribution < 1.29 is 0 Å². The summed E-state index contributed by atoms with van der Waals surface area (Å²) in [6.07, 6.45) is 3.41. The van der Waals surface area contributed by atoms with Gasteiger partial charge in [0.25, 0.3) is 0 Å². The zero-order valence-corrected chi connectivity index (χ0v) is 11.5. The number of rotatable bonds is 1. The third kappa shape index (κ3) is 2.37. The van der Waals surface area contributed by atoms with Gasteiger partial charge in [0.2, 0.25) is 0 Å². The molecule has 0 bridgehead atoms. The molecule has 4 nitrogen and oxygen atoms in total. The van der Waals surface area contributed by atoms with Crippen LogP contribution in [0.4, 0.5) is 0 Å². The minimum absolute atomic E-state index is 0.0126. The molecule has 18 heavy (non-hydrogen) atoms. The number of aromatic nitrogens is 4. The summed E-state index contributed by atoms with van der Waals surface area (Å²) in [5, 5.41) is 0. The molecular weight excluding hydrogens is 224 g/mol. The third-order valence-corrected chi connectivity index (χ3v) is 2.87. The van der Waals surface area contributed by atoms with Crippen molar-refractivity contribution in [3.05, 3.63) is 35.4 Å². The molecule has 0 saturated heterocycles. The lowest BCUT2D eigenvalue weighted by Gasteiger charge is -2.21. The summed E-state index contributed by atoms with van der Waals surface area (Å²) in [7, 11) is 0. The second-order valence-electron chi connectivity index (χ2n) is 5.43. The van der Waals surface area contributed by atoms with Gasteiger partial charge in [-0.15, -0.1) is 0 Å². The van der Waals surface area contributed by atoms with E-state index in [1.165, 1.54) is 0 Å². The molecule has 0 atom stereocenters. The molecule has 2 aromatic rings. The predicted octanol–water partition coefficient (Wildman–Crippen LogP) is 2.85. The van der Waals surface area contributed by atoms with Gasteiger partial charge in [0, 0.05) is 23.5 Å². The highest BCUT2D eigenvalue weighted by Gasteiger charge is 2.21. The van der Waals surface area contributed by atoms with Crippen molar-refractivity contribution in [2.75, 3.05) is 0 Å². The van der Waals surface area contributed by atoms with Gasteiger partial charge in [0.05, 0.1) is 5.69 Å². The van der Waals surface area contributed by atoms with Crippen LogP contribution in [0.2, 0.25) is 0 Å². The Balaban J connectivity index is 2.62. The SMILES string of the molecule is Cc1nc(-c2ncccn2)nc(C(C)(C)C)c1C. The Morgan fingerprint density at radius 1 is 0.889 bits per heavy atom. The van der Waals surface area contributed by atoms with Gasteiger partial charge in [-0.3, -0.25) is 0 Å². The van der Waals surface area contributed by atoms with E-state index in [4.69, 9.17) is 0 Å². The highest BCUT2D eigenvalue weighted by Crippen LogP contribution is 2.26. The molecule has 0 fully saturated rings. The number of aryl methyl sites for hydroxylation is 1. The van der Waals surface area contributed by atoms with Crippen LogP contribution < -0.4 is 0 Å². The van der Waals surface area contributed by atoms with Crippen molar-refractivity contribution in [2.24, 2.45) is 0 Å². The van der Waals surface area contributed by atoms with Gasteiger partial charge in [-0.2, -0.15) is 0 Å². The maximum Gasteiger partial charge on any atom is 0.198 e. The molecule has 4 heteroatoms. The molecule has 0 amide bonds. The Labute approximate surface area is 108 Å². The molecule has 0 N–H and O–H groups in total. The van der Waals surface area contributed by atoms with Gasteiger partial charge in [-0.25, -0.2) is 19.9 Å². The van der Waals surface area contributed by atoms with Crippen molar-refractivity contribution in [1.29, 1.82) is 0 Å². The van der Waals surface area contributed by atoms with Crippen molar-refractivity contribution in [3.8, 4) is 11.6 Å². The van der Waals surface area contributed by atoms with Crippen LogP contribution in [-0.4, -0.2) is 19.9 Å². The van der Waals surface area contributed by atoms with E-state index in [0.717, 1.165) is 17.0 Å². The first-order chi connectivity index (χ1) is 8.39. The summed E-state index contributed by atoms with van der Waals surface area (Å²) >= 11 is 0. The molecule has 0 aliphatic rings. The maximum absolute atomic E-state index is 4.64. The van der Waals surface area contributed by atoms with E-state index < -0.39 is 0 Å². The fraction of sp³-hybridized carbons (Fsp3) is 0.429. The van der Waals surface area contributed by atoms with Crippen LogP contribution in [0.5, 0.6) is 0 Å². The highest BCUT2D eigenvalue weighted by molar-refractivity contribution is 5.45. The van der Waals surface area contributed by atoms with Crippen molar-refractivity contribution in [2.45, 2.75) is 40.0 Å². The topological polar surface area (TPSA) is 51.6 Å². The van der Waals surface area contributed by atoms with E-state index >= 15 is 0 Å². The Hall–Kier alpha value is -1.84. The molecule has 0 aliphatic carbocycles. The van der Waals surface area contributed by atoms with Crippen LogP contribution in [-0.2, 0) is 5.41 Å². The van der Waals surface area contributed by atoms with Crippen molar-refractivity contribution >= 4 is 0 Å². The van der Waals surface area contributed by atoms with Gasteiger partial charge in [-0.05, 0) is 25.5 Å². The molecule has 0 saturated carbocycles. The van der Waals surface area contributed by atoms with Crippen LogP contribution in [0.1, 0.15) is 37.7 Å². The van der Waals surface area contributed by atoms with Crippen molar-refractivity contribution in [1.82, 2.24) is 19.9 Å². The van der Waals surface area contributed by atoms with Gasteiger partial charge < -0.3 is 0 Å². The fourth-order valence-corrected chi connectivity index (χ4v) is 1.87. The molecule has 0 spiro atoms. The fourth-order valence-electron chi connectivity index (χ4n) is 1.87. The number of nitrogens with zero attached hydrogens (tertiary/aromatic N) is 4. The summed E-state index contributed by atoms with van der Waals surface area (Å²) in [5.41, 5.74) is 3.17. The summed E-state index contributed by atoms with van der Waals surface area (Å²) in [6.45, 7) is 10.5. The zero-order valence-electron chi connectivity index (χ0n) is 11.5. The van der Waals surface area contributed by atoms with E-state index in [1.807, 2.05) is 6.92 Å². The van der Waals surface area contributed by atoms with Crippen LogP contribution in [0.15, 0.2) is 18.5 Å². The number of hydrogen-bond donors (Lipinski definition) is 0. The molecule has 2 rings (SSSR count). The second kappa shape index (κ2) is 4.44. The standard InChI is InChI=1S/C14H18N4/c1-9-10(2)17-13(12-15-7-6-8-16-12)18-11(9)14(3,4)5/h6-8H,1-5H3. The normalized spacial score (nSPS) is 11.6. The molecule has 2 heterocycles. The molecule has 94 valence electrons. The lowest BCUT2D eigenvalue weighted by atomic mass is 9.88. The largest absolute Gasteiger partial charge is 0.234 e. The Kier molecular flexibility index (Phi) is 3.11. The monoisotopic (exact) mass is 242 g/mol. The zero-order chi connectivity index (χ0) is 13.3. The van der Waals surface area contributed by atoms with Crippen LogP contribution >= 0.6 is 0 Å². The minimum Gasteiger partial charge on any atom is -0.234 e. The molecule has 0 radical (unpaired) electrons. The lowest BCUT2D eigenvalue weighted by molar-refractivity contribution is 0.561. The molecule has 2 aromatic heterocycles. The van der Waals surface area contributed by atoms with E-state index in [1.54, 1.807) is 18.5 Å². The first-order valence-corrected chi connectivity index (χ1v) is 6.02. The first-order valence-electron chi connectivity index (χ1n) is 6.02. The quantitative estimate of drug-likeness (QED) is 0.771. The first kappa shape index (κ1) is 12.6. The molecule has 0 unspecified atom stereocenters. The Morgan fingerprint density at radius 3 is 2.06 bits per heavy atom. The van der Waals surface area contributed by atoms with Gasteiger partial charge in [-0.1, -0.05) is 20.8 Å². The van der Waals surface area contributed by atoms with Crippen LogP contribution in [0.25, 0.3) is 11.6 Å². The van der Waals surface area contributed by atoms with E-state index in [0.29, 0.717) is 11.6 Å². The highest BCUT2D eigenvalue weighted by atomic mass is 15.0. The van der Waals surface area contributed by atoms with E-state index in [2.05, 4.69) is 47.6 Å². The summed E-state index contributed by atoms with van der Waals surface area (Å²) in [4.78, 5) is 17.5. The lowest BCUT2D eigenvalue weighted by Crippen LogP contribution is -2.18. The van der Waals surface area contributed by atoms with Gasteiger partial charge in [0.1, 0.15) is 0 Å².